The van der Waals surface area contributed by atoms with Crippen molar-refractivity contribution >= 4 is 74.7 Å². The van der Waals surface area contributed by atoms with Crippen LogP contribution >= 0.6 is 34.8 Å². The predicted octanol–water partition coefficient (Wildman–Crippen LogP) is 5.86. The highest BCUT2D eigenvalue weighted by Gasteiger charge is 2.41. The minimum atomic E-state index is -1.16. The van der Waals surface area contributed by atoms with Crippen molar-refractivity contribution < 1.29 is 18.4 Å². The Morgan fingerprint density at radius 1 is 1.15 bits per heavy atom. The van der Waals surface area contributed by atoms with Gasteiger partial charge < -0.3 is 20.9 Å². The molecule has 1 atom stereocenters. The number of piperazine rings is 1. The molecular formula is C31H26Cl3F2N7O3. The van der Waals surface area contributed by atoms with Gasteiger partial charge in [0.15, 0.2) is 11.6 Å². The van der Waals surface area contributed by atoms with Crippen LogP contribution in [-0.4, -0.2) is 56.9 Å². The fourth-order valence-corrected chi connectivity index (χ4v) is 6.90. The van der Waals surface area contributed by atoms with Gasteiger partial charge in [0.05, 0.1) is 55.3 Å². The number of halogens is 5. The first-order valence-electron chi connectivity index (χ1n) is 14.1. The number of benzene rings is 2. The fraction of sp³-hybridized carbons (Fsp3) is 0.258. The summed E-state index contributed by atoms with van der Waals surface area (Å²) in [6, 6.07) is 1.68. The molecule has 2 aliphatic rings. The maximum Gasteiger partial charge on any atom is 0.354 e. The number of aromatic nitrogens is 3. The Morgan fingerprint density at radius 2 is 1.87 bits per heavy atom. The van der Waals surface area contributed by atoms with Gasteiger partial charge in [-0.15, -0.1) is 0 Å². The van der Waals surface area contributed by atoms with Gasteiger partial charge in [0, 0.05) is 30.4 Å². The lowest BCUT2D eigenvalue weighted by atomic mass is 9.97. The Labute approximate surface area is 276 Å². The van der Waals surface area contributed by atoms with E-state index in [1.54, 1.807) is 19.2 Å². The number of aryl methyl sites for hydroxylation is 1. The van der Waals surface area contributed by atoms with Crippen molar-refractivity contribution in [2.75, 3.05) is 35.6 Å². The maximum atomic E-state index is 17.0. The van der Waals surface area contributed by atoms with E-state index in [9.17, 15) is 14.4 Å². The number of fused-ring (bicyclic) bond motifs is 2. The van der Waals surface area contributed by atoms with Gasteiger partial charge in [-0.3, -0.25) is 19.1 Å². The molecule has 0 saturated carbocycles. The van der Waals surface area contributed by atoms with Gasteiger partial charge in [-0.25, -0.2) is 13.6 Å². The van der Waals surface area contributed by atoms with Crippen molar-refractivity contribution in [3.8, 4) is 16.8 Å². The average molecular weight is 689 g/mol. The molecule has 2 aliphatic heterocycles. The first kappa shape index (κ1) is 31.7. The molecule has 0 radical (unpaired) electrons. The summed E-state index contributed by atoms with van der Waals surface area (Å²) in [6.07, 6.45) is 2.72. The van der Waals surface area contributed by atoms with Crippen molar-refractivity contribution in [3.63, 3.8) is 0 Å². The molecule has 6 rings (SSSR count). The van der Waals surface area contributed by atoms with E-state index in [0.717, 1.165) is 12.1 Å². The number of hydrogen-bond donors (Lipinski definition) is 2. The van der Waals surface area contributed by atoms with Crippen LogP contribution in [0, 0.1) is 18.6 Å². The van der Waals surface area contributed by atoms with Crippen molar-refractivity contribution in [3.05, 3.63) is 79.4 Å². The smallest absolute Gasteiger partial charge is 0.354 e. The molecule has 10 nitrogen and oxygen atoms in total. The topological polar surface area (TPSA) is 126 Å². The van der Waals surface area contributed by atoms with E-state index in [-0.39, 0.29) is 53.0 Å². The second-order valence-corrected chi connectivity index (χ2v) is 12.5. The van der Waals surface area contributed by atoms with Gasteiger partial charge in [0.25, 0.3) is 0 Å². The third-order valence-corrected chi connectivity index (χ3v) is 9.22. The molecule has 0 spiro atoms. The number of nitrogens with one attached hydrogen (secondary N) is 1. The monoisotopic (exact) mass is 687 g/mol. The summed E-state index contributed by atoms with van der Waals surface area (Å²) >= 11 is 19.4. The molecule has 46 heavy (non-hydrogen) atoms. The number of anilines is 3. The third kappa shape index (κ3) is 4.69. The van der Waals surface area contributed by atoms with E-state index >= 15 is 8.78 Å². The number of carbonyl (C=O) groups excluding carboxylic acids is 2. The van der Waals surface area contributed by atoms with E-state index in [1.165, 1.54) is 14.4 Å². The van der Waals surface area contributed by atoms with Gasteiger partial charge in [0.2, 0.25) is 11.8 Å². The van der Waals surface area contributed by atoms with Crippen LogP contribution in [0.15, 0.2) is 35.8 Å². The van der Waals surface area contributed by atoms with Crippen LogP contribution in [0.5, 0.6) is 0 Å². The van der Waals surface area contributed by atoms with Crippen molar-refractivity contribution in [1.29, 1.82) is 0 Å². The Morgan fingerprint density at radius 3 is 2.54 bits per heavy atom. The minimum absolute atomic E-state index is 0.0183. The maximum absolute atomic E-state index is 17.0. The number of nitrogen functional groups attached to an aromatic ring is 1. The highest BCUT2D eigenvalue weighted by Crippen LogP contribution is 2.50. The summed E-state index contributed by atoms with van der Waals surface area (Å²) in [5.41, 5.74) is 4.82. The molecule has 238 valence electrons. The Bertz CT molecular complexity index is 2060. The largest absolute Gasteiger partial charge is 0.397 e. The first-order valence-corrected chi connectivity index (χ1v) is 15.3. The van der Waals surface area contributed by atoms with Crippen LogP contribution in [0.25, 0.3) is 27.7 Å². The van der Waals surface area contributed by atoms with Crippen LogP contribution in [0.1, 0.15) is 31.0 Å². The van der Waals surface area contributed by atoms with Gasteiger partial charge >= 0.3 is 5.69 Å². The zero-order valence-corrected chi connectivity index (χ0v) is 27.0. The first-order chi connectivity index (χ1) is 21.8. The summed E-state index contributed by atoms with van der Waals surface area (Å²) in [6.45, 7) is 9.15. The molecule has 2 amide bonds. The molecule has 1 saturated heterocycles. The van der Waals surface area contributed by atoms with Gasteiger partial charge in [-0.05, 0) is 36.6 Å². The molecule has 2 aromatic carbocycles. The van der Waals surface area contributed by atoms with Crippen LogP contribution in [0.4, 0.5) is 26.0 Å². The predicted molar refractivity (Wildman–Crippen MR) is 175 cm³/mol. The number of rotatable bonds is 4. The zero-order chi connectivity index (χ0) is 33.4. The molecule has 0 bridgehead atoms. The number of hydrogen-bond acceptors (Lipinski definition) is 7. The molecule has 0 aliphatic carbocycles. The number of nitrogens with zero attached hydrogens (tertiary/aromatic N) is 5. The molecule has 4 aromatic rings. The van der Waals surface area contributed by atoms with E-state index in [2.05, 4.69) is 21.9 Å². The average Bonchev–Trinajstić information content (AvgIpc) is 3.14. The second-order valence-electron chi connectivity index (χ2n) is 11.3. The van der Waals surface area contributed by atoms with Gasteiger partial charge in [0.1, 0.15) is 11.9 Å². The molecule has 2 aromatic heterocycles. The van der Waals surface area contributed by atoms with Crippen molar-refractivity contribution in [2.45, 2.75) is 32.7 Å². The fourth-order valence-electron chi connectivity index (χ4n) is 6.08. The van der Waals surface area contributed by atoms with E-state index in [4.69, 9.17) is 40.5 Å². The summed E-state index contributed by atoms with van der Waals surface area (Å²) in [7, 11) is 0. The quantitative estimate of drug-likeness (QED) is 0.156. The lowest BCUT2D eigenvalue weighted by Gasteiger charge is -2.40. The number of carbonyl (C=O) groups is 2. The van der Waals surface area contributed by atoms with E-state index in [0.29, 0.717) is 16.9 Å². The Balaban J connectivity index is 1.81. The SMILES string of the molecule is C=CC(=O)N1CCN2c3nc(=O)n(-c4c(C)ccnc4C(C)C)c4c(Cl)c(-c5c(N)c(Cl)cc(Cl)c5F)c(F)c(c34)NC(=O)C2C1. The van der Waals surface area contributed by atoms with Crippen LogP contribution in [0.3, 0.4) is 0 Å². The highest BCUT2D eigenvalue weighted by molar-refractivity contribution is 6.41. The standard InChI is InChI=1S/C31H26Cl3F2N7O3/c1-5-17(44)41-8-9-42-16(11-41)30(45)39-26-20-28(21(34)18(23(26)36)19-22(35)14(32)10-15(33)24(19)37)43(31(46)40-29(20)42)27-13(4)6-7-38-25(27)12(2)3/h5-7,10,12,16H,1,8-9,11,37H2,2-4H3,(H,39,45). The Kier molecular flexibility index (Phi) is 7.94. The normalized spacial score (nSPS) is 16.0. The van der Waals surface area contributed by atoms with Crippen molar-refractivity contribution in [2.24, 2.45) is 0 Å². The second kappa shape index (κ2) is 11.5. The molecule has 3 N–H and O–H groups in total. The highest BCUT2D eigenvalue weighted by atomic mass is 35.5. The van der Waals surface area contributed by atoms with Crippen LogP contribution in [-0.2, 0) is 9.59 Å². The van der Waals surface area contributed by atoms with E-state index in [1.807, 2.05) is 13.8 Å². The van der Waals surface area contributed by atoms with Crippen LogP contribution in [0.2, 0.25) is 15.1 Å². The minimum Gasteiger partial charge on any atom is -0.397 e. The molecule has 4 heterocycles. The van der Waals surface area contributed by atoms with Crippen molar-refractivity contribution in [1.82, 2.24) is 19.4 Å². The van der Waals surface area contributed by atoms with E-state index < -0.39 is 62.0 Å². The lowest BCUT2D eigenvalue weighted by molar-refractivity contribution is -0.128. The summed E-state index contributed by atoms with van der Waals surface area (Å²) in [5.74, 6) is -3.62. The number of amides is 2. The zero-order valence-electron chi connectivity index (χ0n) is 24.7. The van der Waals surface area contributed by atoms with Gasteiger partial charge in [-0.2, -0.15) is 4.98 Å². The molecular weight excluding hydrogens is 663 g/mol. The lowest BCUT2D eigenvalue weighted by Crippen LogP contribution is -2.58. The summed E-state index contributed by atoms with van der Waals surface area (Å²) in [4.78, 5) is 52.3. The summed E-state index contributed by atoms with van der Waals surface area (Å²) < 4.78 is 33.9. The molecule has 1 unspecified atom stereocenters. The summed E-state index contributed by atoms with van der Waals surface area (Å²) in [5, 5.41) is 1.55. The molecule has 15 heteroatoms. The number of pyridine rings is 1. The molecule has 1 fully saturated rings. The van der Waals surface area contributed by atoms with Gasteiger partial charge in [-0.1, -0.05) is 55.2 Å². The van der Waals surface area contributed by atoms with Crippen LogP contribution < -0.4 is 21.6 Å². The number of nitrogens with two attached hydrogens (primary N) is 1. The Hall–Kier alpha value is -4.26. The third-order valence-electron chi connectivity index (χ3n) is 8.27.